The van der Waals surface area contributed by atoms with Crippen molar-refractivity contribution >= 4 is 12.0 Å². The van der Waals surface area contributed by atoms with Crippen molar-refractivity contribution in [1.29, 1.82) is 0 Å². The van der Waals surface area contributed by atoms with E-state index in [0.717, 1.165) is 41.4 Å². The lowest BCUT2D eigenvalue weighted by molar-refractivity contribution is -0.131. The van der Waals surface area contributed by atoms with Gasteiger partial charge in [-0.25, -0.2) is 4.79 Å². The lowest BCUT2D eigenvalue weighted by Crippen LogP contribution is -2.34. The molecule has 1 N–H and O–H groups in total. The zero-order valence-electron chi connectivity index (χ0n) is 17.9. The van der Waals surface area contributed by atoms with E-state index in [0.29, 0.717) is 0 Å². The minimum Gasteiger partial charge on any atom is -0.478 e. The fourth-order valence-corrected chi connectivity index (χ4v) is 4.18. The number of fused-ring (bicyclic) bond motifs is 1. The maximum Gasteiger partial charge on any atom is 0.328 e. The van der Waals surface area contributed by atoms with Crippen molar-refractivity contribution in [1.82, 2.24) is 0 Å². The van der Waals surface area contributed by atoms with Gasteiger partial charge in [0.25, 0.3) is 0 Å². The van der Waals surface area contributed by atoms with Crippen LogP contribution in [0.15, 0.2) is 42.5 Å². The van der Waals surface area contributed by atoms with E-state index in [1.165, 1.54) is 11.1 Å². The van der Waals surface area contributed by atoms with E-state index in [1.807, 2.05) is 24.3 Å². The summed E-state index contributed by atoms with van der Waals surface area (Å²) in [6, 6.07) is 12.2. The second-order valence-electron chi connectivity index (χ2n) is 8.98. The molecule has 4 nitrogen and oxygen atoms in total. The summed E-state index contributed by atoms with van der Waals surface area (Å²) >= 11 is 0. The first-order chi connectivity index (χ1) is 13.7. The Morgan fingerprint density at radius 3 is 2.52 bits per heavy atom. The molecule has 1 aliphatic rings. The molecule has 0 aliphatic heterocycles. The molecule has 29 heavy (non-hydrogen) atoms. The van der Waals surface area contributed by atoms with Crippen LogP contribution in [0.3, 0.4) is 0 Å². The van der Waals surface area contributed by atoms with E-state index >= 15 is 0 Å². The van der Waals surface area contributed by atoms with Gasteiger partial charge in [-0.05, 0) is 52.5 Å². The molecule has 0 fully saturated rings. The van der Waals surface area contributed by atoms with Crippen molar-refractivity contribution in [2.75, 3.05) is 13.9 Å². The number of methoxy groups -OCH3 is 1. The molecular formula is C25H30O4. The summed E-state index contributed by atoms with van der Waals surface area (Å²) in [5.74, 6) is -0.0984. The molecule has 4 heteroatoms. The van der Waals surface area contributed by atoms with E-state index < -0.39 is 5.97 Å². The van der Waals surface area contributed by atoms with Crippen LogP contribution in [0.5, 0.6) is 5.75 Å². The summed E-state index contributed by atoms with van der Waals surface area (Å²) in [5, 5.41) is 8.92. The first-order valence-electron chi connectivity index (χ1n) is 9.97. The lowest BCUT2D eigenvalue weighted by Gasteiger charge is -2.43. The number of hydrogen-bond acceptors (Lipinski definition) is 3. The highest BCUT2D eigenvalue weighted by molar-refractivity contribution is 5.86. The van der Waals surface area contributed by atoms with Crippen molar-refractivity contribution < 1.29 is 19.4 Å². The van der Waals surface area contributed by atoms with Crippen LogP contribution in [0.25, 0.3) is 17.2 Å². The fourth-order valence-electron chi connectivity index (χ4n) is 4.18. The minimum atomic E-state index is -0.961. The van der Waals surface area contributed by atoms with E-state index in [4.69, 9.17) is 14.6 Å². The van der Waals surface area contributed by atoms with E-state index in [9.17, 15) is 4.79 Å². The number of benzene rings is 2. The summed E-state index contributed by atoms with van der Waals surface area (Å²) in [5.41, 5.74) is 5.47. The zero-order valence-corrected chi connectivity index (χ0v) is 17.9. The third-order valence-electron chi connectivity index (χ3n) is 5.88. The first kappa shape index (κ1) is 21.1. The van der Waals surface area contributed by atoms with Gasteiger partial charge in [0.15, 0.2) is 6.79 Å². The number of carbonyl (C=O) groups is 1. The van der Waals surface area contributed by atoms with Gasteiger partial charge in [0.1, 0.15) is 5.75 Å². The number of carboxylic acids is 1. The predicted molar refractivity (Wildman–Crippen MR) is 116 cm³/mol. The molecule has 0 amide bonds. The summed E-state index contributed by atoms with van der Waals surface area (Å²) in [6.07, 6.45) is 4.97. The second-order valence-corrected chi connectivity index (χ2v) is 8.98. The van der Waals surface area contributed by atoms with Crippen molar-refractivity contribution in [3.05, 3.63) is 59.2 Å². The molecule has 0 unspecified atom stereocenters. The highest BCUT2D eigenvalue weighted by Gasteiger charge is 2.40. The first-order valence-corrected chi connectivity index (χ1v) is 9.97. The summed E-state index contributed by atoms with van der Waals surface area (Å²) in [6.45, 7) is 9.31. The summed E-state index contributed by atoms with van der Waals surface area (Å²) in [7, 11) is 1.63. The molecule has 0 radical (unpaired) electrons. The maximum atomic E-state index is 10.9. The quantitative estimate of drug-likeness (QED) is 0.498. The van der Waals surface area contributed by atoms with Crippen LogP contribution in [-0.2, 0) is 20.4 Å². The Morgan fingerprint density at radius 1 is 1.10 bits per heavy atom. The van der Waals surface area contributed by atoms with E-state index in [2.05, 4.69) is 39.8 Å². The Kier molecular flexibility index (Phi) is 5.85. The SMILES string of the molecule is COCOc1c(-c2cccc(/C=C/C(=O)O)c2)ccc2c1C(C)(C)CCC2(C)C. The maximum absolute atomic E-state index is 10.9. The Hall–Kier alpha value is -2.59. The van der Waals surface area contributed by atoms with Crippen LogP contribution >= 0.6 is 0 Å². The van der Waals surface area contributed by atoms with Crippen LogP contribution in [0.1, 0.15) is 57.2 Å². The van der Waals surface area contributed by atoms with Crippen LogP contribution in [0, 0.1) is 0 Å². The molecule has 0 atom stereocenters. The van der Waals surface area contributed by atoms with Crippen LogP contribution in [0.2, 0.25) is 0 Å². The summed E-state index contributed by atoms with van der Waals surface area (Å²) < 4.78 is 11.4. The van der Waals surface area contributed by atoms with E-state index in [-0.39, 0.29) is 17.6 Å². The minimum absolute atomic E-state index is 0.00917. The standard InChI is InChI=1S/C25H30O4/c1-24(2)13-14-25(3,4)22-20(24)11-10-19(23(22)29-16-28-5)18-8-6-7-17(15-18)9-12-21(26)27/h6-12,15H,13-14,16H2,1-5H3,(H,26,27)/b12-9+. The van der Waals surface area contributed by atoms with Gasteiger partial charge in [-0.1, -0.05) is 58.0 Å². The Bertz CT molecular complexity index is 938. The number of hydrogen-bond donors (Lipinski definition) is 1. The molecule has 1 aliphatic carbocycles. The van der Waals surface area contributed by atoms with Gasteiger partial charge in [0.05, 0.1) is 0 Å². The molecule has 0 saturated carbocycles. The third kappa shape index (κ3) is 4.38. The largest absolute Gasteiger partial charge is 0.478 e. The smallest absolute Gasteiger partial charge is 0.328 e. The van der Waals surface area contributed by atoms with Gasteiger partial charge in [-0.2, -0.15) is 0 Å². The van der Waals surface area contributed by atoms with Crippen molar-refractivity contribution in [3.63, 3.8) is 0 Å². The average molecular weight is 395 g/mol. The molecule has 0 aromatic heterocycles. The van der Waals surface area contributed by atoms with Gasteiger partial charge in [-0.15, -0.1) is 0 Å². The highest BCUT2D eigenvalue weighted by atomic mass is 16.7. The van der Waals surface area contributed by atoms with Gasteiger partial charge >= 0.3 is 5.97 Å². The monoisotopic (exact) mass is 394 g/mol. The molecule has 2 aromatic rings. The molecule has 0 heterocycles. The number of aliphatic carboxylic acids is 1. The number of carboxylic acid groups (broad SMARTS) is 1. The molecule has 2 aromatic carbocycles. The Balaban J connectivity index is 2.20. The topological polar surface area (TPSA) is 55.8 Å². The normalized spacial score (nSPS) is 17.1. The molecular weight excluding hydrogens is 364 g/mol. The van der Waals surface area contributed by atoms with Crippen molar-refractivity contribution in [3.8, 4) is 16.9 Å². The average Bonchev–Trinajstić information content (AvgIpc) is 2.68. The molecule has 0 bridgehead atoms. The van der Waals surface area contributed by atoms with E-state index in [1.54, 1.807) is 13.2 Å². The lowest BCUT2D eigenvalue weighted by atomic mass is 9.62. The van der Waals surface area contributed by atoms with Crippen molar-refractivity contribution in [2.45, 2.75) is 51.4 Å². The summed E-state index contributed by atoms with van der Waals surface area (Å²) in [4.78, 5) is 10.9. The van der Waals surface area contributed by atoms with Crippen LogP contribution < -0.4 is 4.74 Å². The molecule has 3 rings (SSSR count). The van der Waals surface area contributed by atoms with Crippen molar-refractivity contribution in [2.24, 2.45) is 0 Å². The second kappa shape index (κ2) is 8.03. The molecule has 0 spiro atoms. The van der Waals surface area contributed by atoms with Crippen LogP contribution in [-0.4, -0.2) is 25.0 Å². The Morgan fingerprint density at radius 2 is 1.83 bits per heavy atom. The molecule has 154 valence electrons. The van der Waals surface area contributed by atoms with Gasteiger partial charge in [0.2, 0.25) is 0 Å². The number of rotatable bonds is 6. The number of ether oxygens (including phenoxy) is 2. The predicted octanol–water partition coefficient (Wildman–Crippen LogP) is 5.78. The molecule has 0 saturated heterocycles. The van der Waals surface area contributed by atoms with Crippen LogP contribution in [0.4, 0.5) is 0 Å². The van der Waals surface area contributed by atoms with Gasteiger partial charge in [0, 0.05) is 24.3 Å². The fraction of sp³-hybridized carbons (Fsp3) is 0.400. The van der Waals surface area contributed by atoms with Gasteiger partial charge < -0.3 is 14.6 Å². The van der Waals surface area contributed by atoms with Gasteiger partial charge in [-0.3, -0.25) is 0 Å². The Labute approximate surface area is 173 Å². The highest BCUT2D eigenvalue weighted by Crippen LogP contribution is 2.52. The zero-order chi connectivity index (χ0) is 21.2. The third-order valence-corrected chi connectivity index (χ3v) is 5.88.